The predicted octanol–water partition coefficient (Wildman–Crippen LogP) is 2.48. The van der Waals surface area contributed by atoms with E-state index in [1.807, 2.05) is 34.9 Å². The molecule has 0 saturated carbocycles. The number of aromatic nitrogens is 4. The van der Waals surface area contributed by atoms with Gasteiger partial charge in [0, 0.05) is 13.0 Å². The van der Waals surface area contributed by atoms with Gasteiger partial charge in [-0.1, -0.05) is 30.7 Å². The molecule has 0 atom stereocenters. The number of aryl methyl sites for hydroxylation is 1. The highest BCUT2D eigenvalue weighted by molar-refractivity contribution is 7.07. The number of fused-ring (bicyclic) bond motifs is 1. The van der Waals surface area contributed by atoms with Gasteiger partial charge in [0.05, 0.1) is 17.3 Å². The normalized spacial score (nSPS) is 14.7. The summed E-state index contributed by atoms with van der Waals surface area (Å²) in [5.41, 5.74) is 1.43. The van der Waals surface area contributed by atoms with Crippen molar-refractivity contribution in [3.8, 4) is 23.3 Å². The molecule has 0 saturated heterocycles. The SMILES string of the molecule is COc1cc(C=c2sc(=C(C#N)c3nnc4n3CCCCC4)n(-c3ccccc3)c2=O)ccc1O. The summed E-state index contributed by atoms with van der Waals surface area (Å²) in [6.45, 7) is 0.746. The summed E-state index contributed by atoms with van der Waals surface area (Å²) in [7, 11) is 1.47. The van der Waals surface area contributed by atoms with Crippen molar-refractivity contribution >= 4 is 23.0 Å². The fourth-order valence-corrected chi connectivity index (χ4v) is 5.36. The number of para-hydroxylation sites is 1. The molecule has 2 aromatic carbocycles. The number of aromatic hydroxyl groups is 1. The van der Waals surface area contributed by atoms with E-state index in [1.54, 1.807) is 22.8 Å². The molecular weight excluding hydrogens is 462 g/mol. The number of thiazole rings is 1. The quantitative estimate of drug-likeness (QED) is 0.476. The lowest BCUT2D eigenvalue weighted by atomic mass is 10.2. The van der Waals surface area contributed by atoms with Crippen LogP contribution in [0.15, 0.2) is 53.3 Å². The Morgan fingerprint density at radius 3 is 2.77 bits per heavy atom. The van der Waals surface area contributed by atoms with E-state index in [0.29, 0.717) is 37.6 Å². The first-order chi connectivity index (χ1) is 17.1. The number of rotatable bonds is 4. The predicted molar refractivity (Wildman–Crippen MR) is 133 cm³/mol. The van der Waals surface area contributed by atoms with Gasteiger partial charge in [-0.3, -0.25) is 9.36 Å². The molecule has 1 aliphatic heterocycles. The number of phenols is 1. The Hall–Kier alpha value is -4.16. The number of nitriles is 1. The highest BCUT2D eigenvalue weighted by Crippen LogP contribution is 2.26. The van der Waals surface area contributed by atoms with Gasteiger partial charge >= 0.3 is 0 Å². The van der Waals surface area contributed by atoms with E-state index in [4.69, 9.17) is 4.74 Å². The van der Waals surface area contributed by atoms with Crippen molar-refractivity contribution < 1.29 is 9.84 Å². The van der Waals surface area contributed by atoms with Crippen LogP contribution in [0.25, 0.3) is 17.3 Å². The number of hydrogen-bond donors (Lipinski definition) is 1. The molecule has 0 aliphatic carbocycles. The van der Waals surface area contributed by atoms with Crippen LogP contribution in [0.2, 0.25) is 0 Å². The zero-order valence-corrected chi connectivity index (χ0v) is 20.0. The van der Waals surface area contributed by atoms with Crippen LogP contribution in [0.5, 0.6) is 11.5 Å². The smallest absolute Gasteiger partial charge is 0.273 e. The molecule has 9 heteroatoms. The average Bonchev–Trinajstić information content (AvgIpc) is 3.32. The molecule has 0 bridgehead atoms. The maximum atomic E-state index is 13.6. The van der Waals surface area contributed by atoms with E-state index < -0.39 is 0 Å². The largest absolute Gasteiger partial charge is 0.504 e. The van der Waals surface area contributed by atoms with Crippen molar-refractivity contribution in [2.45, 2.75) is 32.2 Å². The third-order valence-electron chi connectivity index (χ3n) is 6.00. The van der Waals surface area contributed by atoms with Crippen molar-refractivity contribution in [2.75, 3.05) is 7.11 Å². The summed E-state index contributed by atoms with van der Waals surface area (Å²) >= 11 is 1.23. The summed E-state index contributed by atoms with van der Waals surface area (Å²) in [5.74, 6) is 1.70. The molecule has 176 valence electrons. The molecule has 0 unspecified atom stereocenters. The molecule has 0 fully saturated rings. The van der Waals surface area contributed by atoms with Crippen LogP contribution < -0.4 is 19.5 Å². The standard InChI is InChI=1S/C26H23N5O3S/c1-34-21-14-17(11-12-20(21)32)15-22-25(33)31(18-8-4-2-5-9-18)26(35-22)19(16-27)24-29-28-23-10-6-3-7-13-30(23)24/h2,4-5,8-9,11-12,14-15,32H,3,6-7,10,13H2,1H3. The first-order valence-corrected chi connectivity index (χ1v) is 12.1. The van der Waals surface area contributed by atoms with Gasteiger partial charge < -0.3 is 14.4 Å². The molecule has 35 heavy (non-hydrogen) atoms. The van der Waals surface area contributed by atoms with Gasteiger partial charge in [0.2, 0.25) is 0 Å². The summed E-state index contributed by atoms with van der Waals surface area (Å²) in [6, 6.07) is 16.5. The molecule has 0 amide bonds. The number of nitrogens with zero attached hydrogens (tertiary/aromatic N) is 5. The van der Waals surface area contributed by atoms with E-state index in [1.165, 1.54) is 24.5 Å². The Bertz CT molecular complexity index is 1610. The fraction of sp³-hybridized carbons (Fsp3) is 0.231. The third-order valence-corrected chi connectivity index (χ3v) is 7.09. The Kier molecular flexibility index (Phi) is 6.21. The second-order valence-corrected chi connectivity index (χ2v) is 9.24. The van der Waals surface area contributed by atoms with Crippen molar-refractivity contribution in [3.05, 3.63) is 85.3 Å². The first kappa shape index (κ1) is 22.6. The van der Waals surface area contributed by atoms with Crippen LogP contribution in [0, 0.1) is 11.3 Å². The minimum atomic E-state index is -0.244. The van der Waals surface area contributed by atoms with Crippen LogP contribution >= 0.6 is 11.3 Å². The van der Waals surface area contributed by atoms with E-state index in [2.05, 4.69) is 16.3 Å². The summed E-state index contributed by atoms with van der Waals surface area (Å²) in [4.78, 5) is 13.6. The zero-order valence-electron chi connectivity index (χ0n) is 19.1. The van der Waals surface area contributed by atoms with Gasteiger partial charge in [0.25, 0.3) is 5.56 Å². The lowest BCUT2D eigenvalue weighted by Crippen LogP contribution is -2.31. The van der Waals surface area contributed by atoms with Crippen LogP contribution in [0.4, 0.5) is 0 Å². The van der Waals surface area contributed by atoms with Gasteiger partial charge in [-0.05, 0) is 48.7 Å². The maximum absolute atomic E-state index is 13.6. The second kappa shape index (κ2) is 9.60. The van der Waals surface area contributed by atoms with Crippen LogP contribution in [0.3, 0.4) is 0 Å². The van der Waals surface area contributed by atoms with E-state index >= 15 is 0 Å². The molecule has 4 aromatic rings. The van der Waals surface area contributed by atoms with E-state index in [-0.39, 0.29) is 11.3 Å². The molecule has 8 nitrogen and oxygen atoms in total. The highest BCUT2D eigenvalue weighted by Gasteiger charge is 2.21. The summed E-state index contributed by atoms with van der Waals surface area (Å²) < 4.78 is 9.72. The topological polar surface area (TPSA) is 106 Å². The number of hydrogen-bond acceptors (Lipinski definition) is 7. The Morgan fingerprint density at radius 1 is 1.17 bits per heavy atom. The van der Waals surface area contributed by atoms with Crippen molar-refractivity contribution in [1.29, 1.82) is 5.26 Å². The minimum Gasteiger partial charge on any atom is -0.504 e. The zero-order chi connectivity index (χ0) is 24.4. The average molecular weight is 486 g/mol. The minimum absolute atomic E-state index is 0.0193. The molecule has 1 N–H and O–H groups in total. The number of methoxy groups -OCH3 is 1. The van der Waals surface area contributed by atoms with Gasteiger partial charge in [-0.2, -0.15) is 5.26 Å². The van der Waals surface area contributed by atoms with Crippen molar-refractivity contribution in [2.24, 2.45) is 0 Å². The third kappa shape index (κ3) is 4.24. The van der Waals surface area contributed by atoms with Gasteiger partial charge in [-0.15, -0.1) is 21.5 Å². The Labute approximate surface area is 205 Å². The molecule has 2 aromatic heterocycles. The number of ether oxygens (including phenoxy) is 1. The van der Waals surface area contributed by atoms with Gasteiger partial charge in [0.15, 0.2) is 17.3 Å². The highest BCUT2D eigenvalue weighted by atomic mass is 32.1. The molecular formula is C26H23N5O3S. The second-order valence-electron chi connectivity index (χ2n) is 8.21. The molecule has 5 rings (SSSR count). The van der Waals surface area contributed by atoms with Crippen LogP contribution in [0.1, 0.15) is 36.5 Å². The first-order valence-electron chi connectivity index (χ1n) is 11.3. The number of phenolic OH excluding ortho intramolecular Hbond substituents is 1. The molecule has 0 radical (unpaired) electrons. The van der Waals surface area contributed by atoms with Crippen molar-refractivity contribution in [1.82, 2.24) is 19.3 Å². The van der Waals surface area contributed by atoms with Crippen LogP contribution in [-0.2, 0) is 13.0 Å². The lowest BCUT2D eigenvalue weighted by molar-refractivity contribution is 0.373. The Balaban J connectivity index is 1.81. The monoisotopic (exact) mass is 485 g/mol. The van der Waals surface area contributed by atoms with Gasteiger partial charge in [0.1, 0.15) is 22.1 Å². The van der Waals surface area contributed by atoms with Crippen LogP contribution in [-0.4, -0.2) is 31.5 Å². The van der Waals surface area contributed by atoms with E-state index in [0.717, 1.165) is 38.1 Å². The maximum Gasteiger partial charge on any atom is 0.273 e. The van der Waals surface area contributed by atoms with E-state index in [9.17, 15) is 15.2 Å². The summed E-state index contributed by atoms with van der Waals surface area (Å²) in [5, 5.41) is 28.9. The van der Waals surface area contributed by atoms with Crippen molar-refractivity contribution in [3.63, 3.8) is 0 Å². The lowest BCUT2D eigenvalue weighted by Gasteiger charge is -2.07. The molecule has 1 aliphatic rings. The fourth-order valence-electron chi connectivity index (χ4n) is 4.26. The number of benzene rings is 2. The summed E-state index contributed by atoms with van der Waals surface area (Å²) in [6.07, 6.45) is 5.70. The van der Waals surface area contributed by atoms with Gasteiger partial charge in [-0.25, -0.2) is 0 Å². The molecule has 3 heterocycles. The Morgan fingerprint density at radius 2 is 2.00 bits per heavy atom. The molecule has 0 spiro atoms.